The summed E-state index contributed by atoms with van der Waals surface area (Å²) in [5.74, 6) is 0. The zero-order valence-electron chi connectivity index (χ0n) is 20.5. The van der Waals surface area contributed by atoms with Crippen molar-refractivity contribution >= 4 is 39.5 Å². The Balaban J connectivity index is 1.51. The minimum Gasteiger partial charge on any atom is -0.364 e. The van der Waals surface area contributed by atoms with Gasteiger partial charge < -0.3 is 9.47 Å². The summed E-state index contributed by atoms with van der Waals surface area (Å²) in [5, 5.41) is 13.8. The Morgan fingerprint density at radius 3 is 2.66 bits per heavy atom. The predicted molar refractivity (Wildman–Crippen MR) is 139 cm³/mol. The van der Waals surface area contributed by atoms with Crippen molar-refractivity contribution in [2.24, 2.45) is 7.05 Å². The van der Waals surface area contributed by atoms with Gasteiger partial charge in [-0.1, -0.05) is 19.9 Å². The van der Waals surface area contributed by atoms with Crippen molar-refractivity contribution in [1.29, 1.82) is 5.26 Å². The van der Waals surface area contributed by atoms with Gasteiger partial charge in [-0.25, -0.2) is 0 Å². The maximum absolute atomic E-state index is 12.9. The first-order valence-corrected chi connectivity index (χ1v) is 12.9. The van der Waals surface area contributed by atoms with E-state index in [0.717, 1.165) is 53.7 Å². The average Bonchev–Trinajstić information content (AvgIpc) is 3.52. The number of pyridine rings is 1. The van der Waals surface area contributed by atoms with Crippen molar-refractivity contribution in [3.63, 3.8) is 0 Å². The number of hydrogen-bond donors (Lipinski definition) is 0. The van der Waals surface area contributed by atoms with Crippen LogP contribution in [-0.4, -0.2) is 53.2 Å². The van der Waals surface area contributed by atoms with Crippen LogP contribution in [0.2, 0.25) is 0 Å². The highest BCUT2D eigenvalue weighted by Crippen LogP contribution is 2.34. The van der Waals surface area contributed by atoms with E-state index in [2.05, 4.69) is 63.6 Å². The molecule has 1 aliphatic rings. The van der Waals surface area contributed by atoms with E-state index in [1.807, 2.05) is 0 Å². The van der Waals surface area contributed by atoms with Gasteiger partial charge in [-0.05, 0) is 37.5 Å². The first-order valence-electron chi connectivity index (χ1n) is 12.1. The van der Waals surface area contributed by atoms with Gasteiger partial charge in [0.1, 0.15) is 23.1 Å². The predicted octanol–water partition coefficient (Wildman–Crippen LogP) is 3.70. The third-order valence-electron chi connectivity index (χ3n) is 7.42. The summed E-state index contributed by atoms with van der Waals surface area (Å²) in [6.07, 6.45) is 3.74. The summed E-state index contributed by atoms with van der Waals surface area (Å²) >= 11 is 1.25. The van der Waals surface area contributed by atoms with E-state index in [4.69, 9.17) is 10.4 Å². The lowest BCUT2D eigenvalue weighted by atomic mass is 9.96. The normalized spacial score (nSPS) is 19.9. The van der Waals surface area contributed by atoms with Crippen LogP contribution in [0.25, 0.3) is 22.1 Å². The number of nitrogens with zero attached hydrogens (tertiary/aromatic N) is 8. The van der Waals surface area contributed by atoms with Crippen LogP contribution in [0.5, 0.6) is 0 Å². The highest BCUT2D eigenvalue weighted by Gasteiger charge is 2.36. The van der Waals surface area contributed by atoms with Crippen LogP contribution in [0.1, 0.15) is 45.2 Å². The molecule has 9 nitrogen and oxygen atoms in total. The molecule has 3 atom stereocenters. The Morgan fingerprint density at radius 2 is 1.91 bits per heavy atom. The van der Waals surface area contributed by atoms with Crippen LogP contribution in [0, 0.1) is 11.3 Å². The zero-order chi connectivity index (χ0) is 24.7. The monoisotopic (exact) mass is 490 g/mol. The third-order valence-corrected chi connectivity index (χ3v) is 7.97. The van der Waals surface area contributed by atoms with Crippen LogP contribution < -0.4 is 10.5 Å². The molecule has 0 N–H and O–H groups in total. The fraction of sp³-hybridized carbons (Fsp3) is 0.480. The second-order valence-electron chi connectivity index (χ2n) is 9.31. The largest absolute Gasteiger partial charge is 0.364 e. The molecule has 35 heavy (non-hydrogen) atoms. The summed E-state index contributed by atoms with van der Waals surface area (Å²) in [5.41, 5.74) is 5.48. The standard InChI is InChI=1S/C25H30N8OS/c1-5-18-14-33(22-12-24(34)30(4)23-15-31(10-9-26)27-25(22)23)19(6-2)13-32(18)16(3)17-7-8-20-21(11-17)29-35-28-20/h7-8,11-12,15-16,18-19H,5-6,10,13-14H2,1-4H3/t16-,18+,19-/m0/s1. The number of benzene rings is 1. The maximum Gasteiger partial charge on any atom is 0.252 e. The van der Waals surface area contributed by atoms with Gasteiger partial charge in [0.05, 0.1) is 35.2 Å². The molecule has 182 valence electrons. The Bertz CT molecular complexity index is 1460. The molecule has 0 bridgehead atoms. The molecule has 0 aliphatic carbocycles. The lowest BCUT2D eigenvalue weighted by Crippen LogP contribution is -2.58. The average molecular weight is 491 g/mol. The molecule has 0 spiro atoms. The molecule has 5 rings (SSSR count). The van der Waals surface area contributed by atoms with Gasteiger partial charge in [-0.2, -0.15) is 19.1 Å². The topological polar surface area (TPSA) is 95.9 Å². The second-order valence-corrected chi connectivity index (χ2v) is 9.84. The lowest BCUT2D eigenvalue weighted by molar-refractivity contribution is 0.101. The third kappa shape index (κ3) is 4.09. The Labute approximate surface area is 208 Å². The van der Waals surface area contributed by atoms with Crippen LogP contribution in [0.4, 0.5) is 5.69 Å². The maximum atomic E-state index is 12.9. The summed E-state index contributed by atoms with van der Waals surface area (Å²) in [4.78, 5) is 17.8. The minimum absolute atomic E-state index is 0.0621. The van der Waals surface area contributed by atoms with Crippen LogP contribution >= 0.6 is 11.7 Å². The number of aryl methyl sites for hydroxylation is 1. The summed E-state index contributed by atoms with van der Waals surface area (Å²) in [7, 11) is 1.76. The van der Waals surface area contributed by atoms with E-state index in [0.29, 0.717) is 6.04 Å². The highest BCUT2D eigenvalue weighted by atomic mass is 32.1. The molecular formula is C25H30N8OS. The first kappa shape index (κ1) is 23.5. The lowest BCUT2D eigenvalue weighted by Gasteiger charge is -2.49. The SMILES string of the molecule is CC[C@H]1CN([C@@H](C)c2ccc3nsnc3c2)[C@H](CC)CN1c1cc(=O)n(C)c2cn(CC#N)nc12. The zero-order valence-corrected chi connectivity index (χ0v) is 21.4. The van der Waals surface area contributed by atoms with E-state index >= 15 is 0 Å². The minimum atomic E-state index is -0.0621. The van der Waals surface area contributed by atoms with Crippen molar-refractivity contribution in [2.45, 2.75) is 58.3 Å². The van der Waals surface area contributed by atoms with Gasteiger partial charge in [0.2, 0.25) is 0 Å². The molecular weight excluding hydrogens is 460 g/mol. The Kier molecular flexibility index (Phi) is 6.30. The molecule has 1 saturated heterocycles. The van der Waals surface area contributed by atoms with E-state index in [9.17, 15) is 4.79 Å². The molecule has 4 heterocycles. The van der Waals surface area contributed by atoms with Gasteiger partial charge in [0.25, 0.3) is 5.56 Å². The van der Waals surface area contributed by atoms with Crippen LogP contribution in [-0.2, 0) is 13.6 Å². The fourth-order valence-corrected chi connectivity index (χ4v) is 5.83. The number of fused-ring (bicyclic) bond motifs is 2. The van der Waals surface area contributed by atoms with Crippen LogP contribution in [0.15, 0.2) is 35.3 Å². The summed E-state index contributed by atoms with van der Waals surface area (Å²) < 4.78 is 12.0. The fourth-order valence-electron chi connectivity index (χ4n) is 5.32. The second kappa shape index (κ2) is 9.40. The van der Waals surface area contributed by atoms with Crippen molar-refractivity contribution in [2.75, 3.05) is 18.0 Å². The summed E-state index contributed by atoms with van der Waals surface area (Å²) in [6.45, 7) is 8.55. The number of hydrogen-bond acceptors (Lipinski definition) is 8. The Hall–Kier alpha value is -3.29. The van der Waals surface area contributed by atoms with Crippen LogP contribution in [0.3, 0.4) is 0 Å². The molecule has 0 unspecified atom stereocenters. The highest BCUT2D eigenvalue weighted by molar-refractivity contribution is 7.00. The molecule has 0 amide bonds. The van der Waals surface area contributed by atoms with Crippen molar-refractivity contribution < 1.29 is 0 Å². The van der Waals surface area contributed by atoms with Crippen molar-refractivity contribution in [1.82, 2.24) is 28.0 Å². The van der Waals surface area contributed by atoms with E-state index in [1.165, 1.54) is 17.3 Å². The molecule has 4 aromatic rings. The van der Waals surface area contributed by atoms with Gasteiger partial charge in [0, 0.05) is 44.3 Å². The number of aromatic nitrogens is 5. The summed E-state index contributed by atoms with van der Waals surface area (Å²) in [6, 6.07) is 11.0. The molecule has 1 aliphatic heterocycles. The molecule has 0 saturated carbocycles. The first-order chi connectivity index (χ1) is 16.9. The number of anilines is 1. The van der Waals surface area contributed by atoms with E-state index < -0.39 is 0 Å². The van der Waals surface area contributed by atoms with Crippen molar-refractivity contribution in [3.05, 3.63) is 46.4 Å². The number of nitriles is 1. The smallest absolute Gasteiger partial charge is 0.252 e. The Morgan fingerprint density at radius 1 is 1.14 bits per heavy atom. The van der Waals surface area contributed by atoms with Gasteiger partial charge in [-0.3, -0.25) is 14.4 Å². The van der Waals surface area contributed by atoms with Gasteiger partial charge >= 0.3 is 0 Å². The molecule has 1 aromatic carbocycles. The van der Waals surface area contributed by atoms with Crippen molar-refractivity contribution in [3.8, 4) is 6.07 Å². The van der Waals surface area contributed by atoms with Gasteiger partial charge in [0.15, 0.2) is 0 Å². The number of rotatable bonds is 6. The molecule has 1 fully saturated rings. The number of piperazine rings is 1. The molecule has 0 radical (unpaired) electrons. The van der Waals surface area contributed by atoms with Gasteiger partial charge in [-0.15, -0.1) is 0 Å². The quantitative estimate of drug-likeness (QED) is 0.407. The van der Waals surface area contributed by atoms with E-state index in [1.54, 1.807) is 28.6 Å². The molecule has 3 aromatic heterocycles. The molecule has 10 heteroatoms. The van der Waals surface area contributed by atoms with E-state index in [-0.39, 0.29) is 24.2 Å².